The number of methoxy groups -OCH3 is 1. The molecule has 0 aliphatic carbocycles. The van der Waals surface area contributed by atoms with Gasteiger partial charge in [0.2, 0.25) is 0 Å². The molecule has 1 N–H and O–H groups in total. The summed E-state index contributed by atoms with van der Waals surface area (Å²) in [5.74, 6) is 0.844. The number of aryl methyl sites for hydroxylation is 1. The van der Waals surface area contributed by atoms with Crippen molar-refractivity contribution in [2.45, 2.75) is 19.9 Å². The van der Waals surface area contributed by atoms with Crippen LogP contribution >= 0.6 is 0 Å². The van der Waals surface area contributed by atoms with Crippen LogP contribution in [-0.2, 0) is 4.74 Å². The summed E-state index contributed by atoms with van der Waals surface area (Å²) in [6.45, 7) is 4.65. The van der Waals surface area contributed by atoms with Gasteiger partial charge in [-0.1, -0.05) is 0 Å². The average molecular weight is 181 g/mol. The van der Waals surface area contributed by atoms with Crippen LogP contribution in [0.25, 0.3) is 0 Å². The Hall–Kier alpha value is -1.16. The fourth-order valence-electron chi connectivity index (χ4n) is 1.08. The Labute approximate surface area is 78.4 Å². The topological polar surface area (TPSA) is 47.0 Å². The molecule has 1 rings (SSSR count). The van der Waals surface area contributed by atoms with Crippen LogP contribution in [0.1, 0.15) is 12.6 Å². The zero-order chi connectivity index (χ0) is 9.68. The third-order valence-electron chi connectivity index (χ3n) is 1.61. The Balaban J connectivity index is 2.53. The van der Waals surface area contributed by atoms with Gasteiger partial charge < -0.3 is 10.1 Å². The number of hydrogen-bond acceptors (Lipinski definition) is 4. The molecule has 1 aromatic rings. The molecule has 0 radical (unpaired) electrons. The fourth-order valence-corrected chi connectivity index (χ4v) is 1.08. The summed E-state index contributed by atoms with van der Waals surface area (Å²) in [4.78, 5) is 8.09. The second kappa shape index (κ2) is 4.77. The maximum Gasteiger partial charge on any atom is 0.129 e. The van der Waals surface area contributed by atoms with Crippen molar-refractivity contribution in [3.8, 4) is 0 Å². The number of nitrogens with one attached hydrogen (secondary N) is 1. The molecule has 0 saturated carbocycles. The minimum Gasteiger partial charge on any atom is -0.383 e. The molecule has 1 aromatic heterocycles. The summed E-state index contributed by atoms with van der Waals surface area (Å²) in [6.07, 6.45) is 1.55. The first-order chi connectivity index (χ1) is 6.22. The quantitative estimate of drug-likeness (QED) is 0.759. The smallest absolute Gasteiger partial charge is 0.129 e. The molecule has 4 heteroatoms. The maximum absolute atomic E-state index is 5.00. The number of aromatic nitrogens is 2. The highest BCUT2D eigenvalue weighted by molar-refractivity contribution is 5.35. The lowest BCUT2D eigenvalue weighted by atomic mass is 10.3. The molecule has 0 spiro atoms. The third kappa shape index (κ3) is 3.38. The largest absolute Gasteiger partial charge is 0.383 e. The Bertz CT molecular complexity index is 265. The van der Waals surface area contributed by atoms with E-state index >= 15 is 0 Å². The van der Waals surface area contributed by atoms with Crippen molar-refractivity contribution >= 4 is 5.82 Å². The van der Waals surface area contributed by atoms with Gasteiger partial charge in [-0.05, 0) is 13.8 Å². The van der Waals surface area contributed by atoms with Gasteiger partial charge in [-0.25, -0.2) is 9.97 Å². The normalized spacial score (nSPS) is 12.5. The van der Waals surface area contributed by atoms with Crippen molar-refractivity contribution in [1.82, 2.24) is 9.97 Å². The Morgan fingerprint density at radius 1 is 1.54 bits per heavy atom. The molecule has 0 aliphatic heterocycles. The fraction of sp³-hybridized carbons (Fsp3) is 0.556. The second-order valence-corrected chi connectivity index (χ2v) is 3.05. The van der Waals surface area contributed by atoms with Crippen LogP contribution in [-0.4, -0.2) is 29.7 Å². The van der Waals surface area contributed by atoms with Gasteiger partial charge >= 0.3 is 0 Å². The zero-order valence-electron chi connectivity index (χ0n) is 8.24. The van der Waals surface area contributed by atoms with E-state index in [9.17, 15) is 0 Å². The monoisotopic (exact) mass is 181 g/mol. The van der Waals surface area contributed by atoms with E-state index in [0.29, 0.717) is 6.61 Å². The highest BCUT2D eigenvalue weighted by Crippen LogP contribution is 2.04. The predicted octanol–water partition coefficient (Wildman–Crippen LogP) is 1.23. The van der Waals surface area contributed by atoms with Gasteiger partial charge in [0.1, 0.15) is 12.1 Å². The summed E-state index contributed by atoms with van der Waals surface area (Å²) >= 11 is 0. The lowest BCUT2D eigenvalue weighted by molar-refractivity contribution is 0.190. The number of rotatable bonds is 4. The number of nitrogens with zero attached hydrogens (tertiary/aromatic N) is 2. The molecule has 0 saturated heterocycles. The number of hydrogen-bond donors (Lipinski definition) is 1. The molecule has 4 nitrogen and oxygen atoms in total. The van der Waals surface area contributed by atoms with E-state index in [1.165, 1.54) is 0 Å². The van der Waals surface area contributed by atoms with Crippen LogP contribution in [0.15, 0.2) is 12.4 Å². The van der Waals surface area contributed by atoms with Crippen LogP contribution < -0.4 is 5.32 Å². The van der Waals surface area contributed by atoms with Gasteiger partial charge in [0.15, 0.2) is 0 Å². The molecule has 1 atom stereocenters. The molecule has 72 valence electrons. The van der Waals surface area contributed by atoms with Gasteiger partial charge in [-0.15, -0.1) is 0 Å². The summed E-state index contributed by atoms with van der Waals surface area (Å²) < 4.78 is 5.00. The third-order valence-corrected chi connectivity index (χ3v) is 1.61. The first-order valence-electron chi connectivity index (χ1n) is 4.26. The lowest BCUT2D eigenvalue weighted by Crippen LogP contribution is -2.21. The van der Waals surface area contributed by atoms with Crippen molar-refractivity contribution in [2.75, 3.05) is 19.0 Å². The Morgan fingerprint density at radius 3 is 2.92 bits per heavy atom. The molecule has 0 bridgehead atoms. The van der Waals surface area contributed by atoms with E-state index in [1.54, 1.807) is 13.4 Å². The molecule has 0 aromatic carbocycles. The molecule has 1 heterocycles. The molecule has 0 aliphatic rings. The van der Waals surface area contributed by atoms with E-state index in [4.69, 9.17) is 4.74 Å². The number of ether oxygens (including phenoxy) is 1. The Morgan fingerprint density at radius 2 is 2.31 bits per heavy atom. The summed E-state index contributed by atoms with van der Waals surface area (Å²) in [6, 6.07) is 2.17. The van der Waals surface area contributed by atoms with Crippen LogP contribution in [0.3, 0.4) is 0 Å². The molecule has 13 heavy (non-hydrogen) atoms. The molecular formula is C9H15N3O. The van der Waals surface area contributed by atoms with Crippen molar-refractivity contribution in [1.29, 1.82) is 0 Å². The predicted molar refractivity (Wildman–Crippen MR) is 51.7 cm³/mol. The number of anilines is 1. The van der Waals surface area contributed by atoms with Crippen molar-refractivity contribution in [2.24, 2.45) is 0 Å². The average Bonchev–Trinajstić information content (AvgIpc) is 2.04. The summed E-state index contributed by atoms with van der Waals surface area (Å²) in [5.41, 5.74) is 0.960. The van der Waals surface area contributed by atoms with Gasteiger partial charge in [0, 0.05) is 24.9 Å². The van der Waals surface area contributed by atoms with Gasteiger partial charge in [-0.3, -0.25) is 0 Å². The van der Waals surface area contributed by atoms with E-state index in [1.807, 2.05) is 19.9 Å². The van der Waals surface area contributed by atoms with E-state index < -0.39 is 0 Å². The van der Waals surface area contributed by atoms with Crippen LogP contribution in [0.4, 0.5) is 5.82 Å². The first-order valence-corrected chi connectivity index (χ1v) is 4.26. The van der Waals surface area contributed by atoms with E-state index in [2.05, 4.69) is 15.3 Å². The van der Waals surface area contributed by atoms with Crippen molar-refractivity contribution < 1.29 is 4.74 Å². The van der Waals surface area contributed by atoms with E-state index in [0.717, 1.165) is 11.5 Å². The minimum atomic E-state index is 0.263. The standard InChI is InChI=1S/C9H15N3O/c1-7-4-9(11-6-10-7)12-8(2)5-13-3/h4,6,8H,5H2,1-3H3,(H,10,11,12). The second-order valence-electron chi connectivity index (χ2n) is 3.05. The zero-order valence-corrected chi connectivity index (χ0v) is 8.24. The highest BCUT2D eigenvalue weighted by atomic mass is 16.5. The van der Waals surface area contributed by atoms with E-state index in [-0.39, 0.29) is 6.04 Å². The SMILES string of the molecule is COCC(C)Nc1cc(C)ncn1. The minimum absolute atomic E-state index is 0.263. The van der Waals surface area contributed by atoms with Crippen LogP contribution in [0.5, 0.6) is 0 Å². The lowest BCUT2D eigenvalue weighted by Gasteiger charge is -2.12. The summed E-state index contributed by atoms with van der Waals surface area (Å²) in [7, 11) is 1.68. The highest BCUT2D eigenvalue weighted by Gasteiger charge is 2.01. The molecule has 1 unspecified atom stereocenters. The Kier molecular flexibility index (Phi) is 3.64. The maximum atomic E-state index is 5.00. The van der Waals surface area contributed by atoms with Gasteiger partial charge in [0.05, 0.1) is 6.61 Å². The van der Waals surface area contributed by atoms with Crippen LogP contribution in [0.2, 0.25) is 0 Å². The van der Waals surface area contributed by atoms with Crippen molar-refractivity contribution in [3.05, 3.63) is 18.1 Å². The molecule has 0 fully saturated rings. The van der Waals surface area contributed by atoms with Crippen molar-refractivity contribution in [3.63, 3.8) is 0 Å². The van der Waals surface area contributed by atoms with Crippen LogP contribution in [0, 0.1) is 6.92 Å². The van der Waals surface area contributed by atoms with Gasteiger partial charge in [-0.2, -0.15) is 0 Å². The first kappa shape index (κ1) is 9.92. The molecule has 0 amide bonds. The van der Waals surface area contributed by atoms with Gasteiger partial charge in [0.25, 0.3) is 0 Å². The molecular weight excluding hydrogens is 166 g/mol. The summed E-state index contributed by atoms with van der Waals surface area (Å²) in [5, 5.41) is 3.21.